The molecule has 1 fully saturated rings. The number of nitrogens with one attached hydrogen (secondary N) is 6. The number of nitrogens with two attached hydrogens (primary N) is 3. The maximum Gasteiger partial charge on any atom is 0.326 e. The van der Waals surface area contributed by atoms with E-state index in [1.165, 1.54) is 11.8 Å². The lowest BCUT2D eigenvalue weighted by molar-refractivity contribution is -0.144. The third-order valence-electron chi connectivity index (χ3n) is 8.76. The van der Waals surface area contributed by atoms with Gasteiger partial charge in [0.15, 0.2) is 0 Å². The van der Waals surface area contributed by atoms with Crippen LogP contribution in [-0.4, -0.2) is 126 Å². The molecular formula is C35H62N10O10. The van der Waals surface area contributed by atoms with Crippen LogP contribution in [0.3, 0.4) is 0 Å². The Kier molecular flexibility index (Phi) is 21.5. The summed E-state index contributed by atoms with van der Waals surface area (Å²) in [6.07, 6.45) is 2.41. The maximum atomic E-state index is 13.2. The van der Waals surface area contributed by atoms with Crippen LogP contribution in [0.2, 0.25) is 0 Å². The lowest BCUT2D eigenvalue weighted by Crippen LogP contribution is -2.56. The van der Waals surface area contributed by atoms with Gasteiger partial charge in [0.1, 0.15) is 30.2 Å². The van der Waals surface area contributed by atoms with Crippen molar-refractivity contribution in [3.05, 3.63) is 0 Å². The van der Waals surface area contributed by atoms with Crippen molar-refractivity contribution in [2.45, 2.75) is 129 Å². The molecule has 0 aromatic rings. The summed E-state index contributed by atoms with van der Waals surface area (Å²) in [6, 6.07) is -6.37. The van der Waals surface area contributed by atoms with Crippen LogP contribution < -0.4 is 49.1 Å². The Morgan fingerprint density at radius 2 is 1.33 bits per heavy atom. The first kappa shape index (κ1) is 48.2. The summed E-state index contributed by atoms with van der Waals surface area (Å²) in [5, 5.41) is 24.5. The Labute approximate surface area is 321 Å². The predicted molar refractivity (Wildman–Crippen MR) is 200 cm³/mol. The predicted octanol–water partition coefficient (Wildman–Crippen LogP) is -2.93. The highest BCUT2D eigenvalue weighted by Gasteiger charge is 2.36. The van der Waals surface area contributed by atoms with Crippen LogP contribution in [0.5, 0.6) is 0 Å². The highest BCUT2D eigenvalue weighted by atomic mass is 16.4. The van der Waals surface area contributed by atoms with Crippen molar-refractivity contribution in [2.75, 3.05) is 26.2 Å². The van der Waals surface area contributed by atoms with Gasteiger partial charge in [0.05, 0.1) is 19.1 Å². The first-order chi connectivity index (χ1) is 25.8. The average Bonchev–Trinajstić information content (AvgIpc) is 3.60. The van der Waals surface area contributed by atoms with Gasteiger partial charge in [-0.05, 0) is 76.7 Å². The van der Waals surface area contributed by atoms with E-state index in [0.717, 1.165) is 0 Å². The third kappa shape index (κ3) is 18.4. The fourth-order valence-corrected chi connectivity index (χ4v) is 5.80. The SMILES string of the molecule is CC(C)C[C@H](NC(=O)CNC(=O)[C@H](CC(C)C)NC(=O)[C@@H](N)CCC(N)=O)C(=O)N[C@@H](C)C(=O)NCC(=O)N1CCC[C@H]1C(=O)N[C@@H](CCCCN)C(=O)O. The van der Waals surface area contributed by atoms with Crippen LogP contribution in [-0.2, 0) is 43.2 Å². The summed E-state index contributed by atoms with van der Waals surface area (Å²) < 4.78 is 0. The summed E-state index contributed by atoms with van der Waals surface area (Å²) in [7, 11) is 0. The van der Waals surface area contributed by atoms with Crippen molar-refractivity contribution in [3.8, 4) is 0 Å². The lowest BCUT2D eigenvalue weighted by Gasteiger charge is -2.26. The van der Waals surface area contributed by atoms with Crippen LogP contribution in [0.1, 0.15) is 92.4 Å². The molecular weight excluding hydrogens is 720 g/mol. The summed E-state index contributed by atoms with van der Waals surface area (Å²) in [4.78, 5) is 114. The van der Waals surface area contributed by atoms with E-state index in [1.54, 1.807) is 0 Å². The average molecular weight is 783 g/mol. The molecule has 0 aromatic carbocycles. The second-order valence-electron chi connectivity index (χ2n) is 14.6. The summed E-state index contributed by atoms with van der Waals surface area (Å²) in [6.45, 7) is 8.30. The largest absolute Gasteiger partial charge is 0.480 e. The fraction of sp³-hybridized carbons (Fsp3) is 0.743. The Morgan fingerprint density at radius 1 is 0.727 bits per heavy atom. The van der Waals surface area contributed by atoms with Crippen molar-refractivity contribution in [1.82, 2.24) is 36.8 Å². The molecule has 0 aliphatic carbocycles. The Morgan fingerprint density at radius 3 is 1.89 bits per heavy atom. The van der Waals surface area contributed by atoms with E-state index in [1.807, 2.05) is 27.7 Å². The van der Waals surface area contributed by atoms with E-state index in [-0.39, 0.29) is 50.5 Å². The highest BCUT2D eigenvalue weighted by Crippen LogP contribution is 2.18. The molecule has 1 heterocycles. The minimum atomic E-state index is -1.19. The normalized spacial score (nSPS) is 16.6. The number of aliphatic carboxylic acids is 1. The fourth-order valence-electron chi connectivity index (χ4n) is 5.80. The molecule has 0 spiro atoms. The maximum absolute atomic E-state index is 13.2. The standard InChI is InChI=1S/C35H62N10O10/c1-19(2)15-24(44-31(50)22(37)11-12-27(38)46)32(51)39-17-28(47)42-25(16-20(3)4)33(52)41-21(5)30(49)40-18-29(48)45-14-8-10-26(45)34(53)43-23(35(54)55)9-6-7-13-36/h19-26H,6-18,36-37H2,1-5H3,(H2,38,46)(H,39,51)(H,40,49)(H,41,52)(H,42,47)(H,43,53)(H,44,50)(H,54,55)/t21-,22-,23-,24-,25-,26-/m0/s1. The number of carboxylic acids is 1. The number of amides is 8. The zero-order valence-corrected chi connectivity index (χ0v) is 32.6. The van der Waals surface area contributed by atoms with Gasteiger partial charge in [-0.25, -0.2) is 4.79 Å². The number of carboxylic acid groups (broad SMARTS) is 1. The van der Waals surface area contributed by atoms with Crippen LogP contribution >= 0.6 is 0 Å². The van der Waals surface area contributed by atoms with Crippen LogP contribution in [0.15, 0.2) is 0 Å². The van der Waals surface area contributed by atoms with Gasteiger partial charge >= 0.3 is 5.97 Å². The molecule has 8 amide bonds. The van der Waals surface area contributed by atoms with Gasteiger partial charge in [0.25, 0.3) is 0 Å². The second-order valence-corrected chi connectivity index (χ2v) is 14.6. The molecule has 55 heavy (non-hydrogen) atoms. The van der Waals surface area contributed by atoms with Gasteiger partial charge in [0, 0.05) is 13.0 Å². The summed E-state index contributed by atoms with van der Waals surface area (Å²) in [5.41, 5.74) is 16.4. The van der Waals surface area contributed by atoms with Gasteiger partial charge < -0.3 is 59.1 Å². The smallest absolute Gasteiger partial charge is 0.326 e. The third-order valence-corrected chi connectivity index (χ3v) is 8.76. The van der Waals surface area contributed by atoms with Gasteiger partial charge in [-0.3, -0.25) is 38.4 Å². The van der Waals surface area contributed by atoms with Crippen LogP contribution in [0.4, 0.5) is 0 Å². The molecule has 1 rings (SSSR count). The number of primary amides is 1. The van der Waals surface area contributed by atoms with Gasteiger partial charge in [-0.15, -0.1) is 0 Å². The van der Waals surface area contributed by atoms with Crippen molar-refractivity contribution in [2.24, 2.45) is 29.0 Å². The molecule has 0 radical (unpaired) electrons. The number of nitrogens with zero attached hydrogens (tertiary/aromatic N) is 1. The number of rotatable bonds is 25. The molecule has 1 saturated heterocycles. The minimum absolute atomic E-state index is 0.00885. The van der Waals surface area contributed by atoms with Crippen LogP contribution in [0.25, 0.3) is 0 Å². The zero-order chi connectivity index (χ0) is 41.8. The zero-order valence-electron chi connectivity index (χ0n) is 32.6. The summed E-state index contributed by atoms with van der Waals surface area (Å²) in [5.74, 6) is -6.50. The van der Waals surface area contributed by atoms with Gasteiger partial charge in [-0.1, -0.05) is 27.7 Å². The van der Waals surface area contributed by atoms with E-state index in [4.69, 9.17) is 17.2 Å². The molecule has 0 unspecified atom stereocenters. The highest BCUT2D eigenvalue weighted by molar-refractivity contribution is 5.96. The molecule has 13 N–H and O–H groups in total. The Balaban J connectivity index is 2.76. The second kappa shape index (κ2) is 24.5. The van der Waals surface area contributed by atoms with Crippen molar-refractivity contribution >= 4 is 53.2 Å². The Bertz CT molecular complexity index is 1360. The quantitative estimate of drug-likeness (QED) is 0.0416. The first-order valence-corrected chi connectivity index (χ1v) is 18.8. The summed E-state index contributed by atoms with van der Waals surface area (Å²) >= 11 is 0. The number of hydrogen-bond acceptors (Lipinski definition) is 11. The number of hydrogen-bond donors (Lipinski definition) is 10. The Hall–Kier alpha value is -4.85. The molecule has 0 saturated carbocycles. The van der Waals surface area contributed by atoms with Crippen LogP contribution in [0, 0.1) is 11.8 Å². The van der Waals surface area contributed by atoms with Gasteiger partial charge in [0.2, 0.25) is 47.3 Å². The van der Waals surface area contributed by atoms with Crippen molar-refractivity contribution < 1.29 is 48.3 Å². The number of likely N-dealkylation sites (tertiary alicyclic amines) is 1. The van der Waals surface area contributed by atoms with Crippen molar-refractivity contribution in [1.29, 1.82) is 0 Å². The molecule has 1 aliphatic rings. The molecule has 0 bridgehead atoms. The van der Waals surface area contributed by atoms with E-state index in [0.29, 0.717) is 32.2 Å². The van der Waals surface area contributed by atoms with E-state index in [9.17, 15) is 48.3 Å². The molecule has 1 aliphatic heterocycles. The topological polar surface area (TPSA) is 327 Å². The number of unbranched alkanes of at least 4 members (excludes halogenated alkanes) is 1. The van der Waals surface area contributed by atoms with Gasteiger partial charge in [-0.2, -0.15) is 0 Å². The monoisotopic (exact) mass is 782 g/mol. The first-order valence-electron chi connectivity index (χ1n) is 18.8. The van der Waals surface area contributed by atoms with E-state index in [2.05, 4.69) is 31.9 Å². The number of carbonyl (C=O) groups excluding carboxylic acids is 8. The molecule has 6 atom stereocenters. The number of carbonyl (C=O) groups is 9. The van der Waals surface area contributed by atoms with E-state index >= 15 is 0 Å². The molecule has 312 valence electrons. The van der Waals surface area contributed by atoms with Crippen molar-refractivity contribution in [3.63, 3.8) is 0 Å². The molecule has 0 aromatic heterocycles. The lowest BCUT2D eigenvalue weighted by atomic mass is 10.0. The van der Waals surface area contributed by atoms with E-state index < -0.39 is 103 Å². The molecule has 20 heteroatoms. The minimum Gasteiger partial charge on any atom is -0.480 e. The molecule has 20 nitrogen and oxygen atoms in total.